The minimum Gasteiger partial charge on any atom is -0.449 e. The van der Waals surface area contributed by atoms with Crippen LogP contribution in [0.1, 0.15) is 23.7 Å². The lowest BCUT2D eigenvalue weighted by molar-refractivity contribution is -0.124. The number of nitrogens with one attached hydrogen (secondary N) is 2. The molecule has 0 saturated carbocycles. The number of nitrogens with zero attached hydrogens (tertiary/aromatic N) is 2. The lowest BCUT2D eigenvalue weighted by atomic mass is 10.1. The zero-order valence-corrected chi connectivity index (χ0v) is 21.9. The number of esters is 1. The lowest BCUT2D eigenvalue weighted by Gasteiger charge is -2.16. The van der Waals surface area contributed by atoms with E-state index in [1.165, 1.54) is 11.3 Å². The molecule has 2 aromatic heterocycles. The first kappa shape index (κ1) is 24.5. The minimum atomic E-state index is -0.978. The molecule has 2 N–H and O–H groups in total. The first-order chi connectivity index (χ1) is 19.1. The lowest BCUT2D eigenvalue weighted by Crippen LogP contribution is -2.32. The molecule has 2 heterocycles. The van der Waals surface area contributed by atoms with Gasteiger partial charge in [0.2, 0.25) is 0 Å². The van der Waals surface area contributed by atoms with Crippen LogP contribution in [0.3, 0.4) is 0 Å². The number of carbonyl (C=O) groups excluding carboxylic acids is 2. The van der Waals surface area contributed by atoms with Crippen molar-refractivity contribution in [2.75, 3.05) is 5.32 Å². The zero-order chi connectivity index (χ0) is 26.8. The Bertz CT molecular complexity index is 1790. The normalized spacial score (nSPS) is 11.9. The van der Waals surface area contributed by atoms with Crippen molar-refractivity contribution >= 4 is 50.2 Å². The van der Waals surface area contributed by atoms with E-state index in [9.17, 15) is 9.59 Å². The summed E-state index contributed by atoms with van der Waals surface area (Å²) in [6.07, 6.45) is -0.665. The number of H-pyrrole nitrogens is 1. The molecular weight excluding hydrogens is 508 g/mol. The van der Waals surface area contributed by atoms with E-state index in [0.717, 1.165) is 33.1 Å². The average Bonchev–Trinajstić information content (AvgIpc) is 3.63. The summed E-state index contributed by atoms with van der Waals surface area (Å²) in [6.45, 7) is 1.80. The predicted octanol–water partition coefficient (Wildman–Crippen LogP) is 7.08. The molecule has 8 heteroatoms. The van der Waals surface area contributed by atoms with Crippen LogP contribution in [0.5, 0.6) is 0 Å². The molecule has 1 atom stereocenters. The molecule has 0 fully saturated rings. The molecule has 4 aromatic carbocycles. The second-order valence-electron chi connectivity index (χ2n) is 9.04. The number of benzene rings is 4. The van der Waals surface area contributed by atoms with Gasteiger partial charge in [-0.3, -0.25) is 10.1 Å². The minimum absolute atomic E-state index is 0.313. The van der Waals surface area contributed by atoms with Crippen molar-refractivity contribution in [2.24, 2.45) is 0 Å². The molecule has 1 unspecified atom stereocenters. The van der Waals surface area contributed by atoms with Gasteiger partial charge in [0.1, 0.15) is 5.82 Å². The van der Waals surface area contributed by atoms with Gasteiger partial charge >= 0.3 is 5.97 Å². The highest BCUT2D eigenvalue weighted by Gasteiger charge is 2.25. The Morgan fingerprint density at radius 1 is 0.923 bits per heavy atom. The van der Waals surface area contributed by atoms with Gasteiger partial charge in [-0.25, -0.2) is 14.8 Å². The van der Waals surface area contributed by atoms with Gasteiger partial charge in [-0.15, -0.1) is 11.3 Å². The number of hydrogen-bond acceptors (Lipinski definition) is 6. The van der Waals surface area contributed by atoms with Crippen LogP contribution in [0.25, 0.3) is 44.5 Å². The van der Waals surface area contributed by atoms with Crippen molar-refractivity contribution < 1.29 is 14.3 Å². The Morgan fingerprint density at radius 2 is 1.69 bits per heavy atom. The van der Waals surface area contributed by atoms with Crippen LogP contribution in [0.4, 0.5) is 5.13 Å². The van der Waals surface area contributed by atoms with Crippen LogP contribution >= 0.6 is 11.3 Å². The molecule has 6 rings (SSSR count). The topological polar surface area (TPSA) is 97.0 Å². The summed E-state index contributed by atoms with van der Waals surface area (Å²) < 4.78 is 5.68. The van der Waals surface area contributed by atoms with Gasteiger partial charge in [0.15, 0.2) is 11.2 Å². The van der Waals surface area contributed by atoms with E-state index in [2.05, 4.69) is 44.5 Å². The predicted molar refractivity (Wildman–Crippen MR) is 155 cm³/mol. The third-order valence-corrected chi connectivity index (χ3v) is 7.24. The molecule has 0 aliphatic heterocycles. The molecule has 7 nitrogen and oxygen atoms in total. The van der Waals surface area contributed by atoms with Crippen molar-refractivity contribution in [3.8, 4) is 22.6 Å². The van der Waals surface area contributed by atoms with E-state index < -0.39 is 18.0 Å². The summed E-state index contributed by atoms with van der Waals surface area (Å²) in [4.78, 5) is 38.7. The van der Waals surface area contributed by atoms with Crippen molar-refractivity contribution in [1.29, 1.82) is 0 Å². The Morgan fingerprint density at radius 3 is 2.54 bits per heavy atom. The van der Waals surface area contributed by atoms with Crippen molar-refractivity contribution in [2.45, 2.75) is 19.4 Å². The van der Waals surface area contributed by atoms with Crippen LogP contribution in [-0.4, -0.2) is 32.9 Å². The fourth-order valence-corrected chi connectivity index (χ4v) is 5.18. The van der Waals surface area contributed by atoms with Crippen molar-refractivity contribution in [3.05, 3.63) is 102 Å². The third kappa shape index (κ3) is 5.02. The van der Waals surface area contributed by atoms with Crippen LogP contribution in [0.15, 0.2) is 96.4 Å². The number of imidazole rings is 1. The van der Waals surface area contributed by atoms with Crippen molar-refractivity contribution in [1.82, 2.24) is 15.0 Å². The van der Waals surface area contributed by atoms with Crippen LogP contribution in [-0.2, 0) is 9.53 Å². The molecule has 0 bridgehead atoms. The highest BCUT2D eigenvalue weighted by molar-refractivity contribution is 7.14. The Labute approximate surface area is 228 Å². The van der Waals surface area contributed by atoms with Crippen LogP contribution in [0, 0.1) is 0 Å². The number of anilines is 1. The molecule has 0 radical (unpaired) electrons. The molecule has 0 saturated heterocycles. The van der Waals surface area contributed by atoms with E-state index in [4.69, 9.17) is 4.74 Å². The zero-order valence-electron chi connectivity index (χ0n) is 21.0. The van der Waals surface area contributed by atoms with Gasteiger partial charge in [-0.2, -0.15) is 0 Å². The number of para-hydroxylation sites is 2. The highest BCUT2D eigenvalue weighted by atomic mass is 32.1. The summed E-state index contributed by atoms with van der Waals surface area (Å²) >= 11 is 1.33. The standard InChI is InChI=1S/C31H24N4O3S/c1-2-27(29(36)35-31-34-26(18-39-31)21-16-15-19-9-3-4-10-20(19)17-21)38-30(37)23-12-6-5-11-22(23)28-32-24-13-7-8-14-25(24)33-28/h3-18,27H,2H2,1H3,(H,32,33)(H,34,35,36). The van der Waals surface area contributed by atoms with Crippen LogP contribution < -0.4 is 5.32 Å². The maximum Gasteiger partial charge on any atom is 0.339 e. The number of aromatic nitrogens is 3. The number of rotatable bonds is 7. The number of thiazole rings is 1. The third-order valence-electron chi connectivity index (χ3n) is 6.48. The van der Waals surface area contributed by atoms with Gasteiger partial charge in [0.05, 0.1) is 22.3 Å². The summed E-state index contributed by atoms with van der Waals surface area (Å²) in [6, 6.07) is 29.0. The van der Waals surface area contributed by atoms with E-state index >= 15 is 0 Å². The Hall–Kier alpha value is -4.82. The fourth-order valence-electron chi connectivity index (χ4n) is 4.46. The number of hydrogen-bond donors (Lipinski definition) is 2. The van der Waals surface area contributed by atoms with E-state index in [1.54, 1.807) is 25.1 Å². The SMILES string of the molecule is CCC(OC(=O)c1ccccc1-c1nc2ccccc2[nH]1)C(=O)Nc1nc(-c2ccc3ccccc3c2)cs1. The molecular formula is C31H24N4O3S. The van der Waals surface area contributed by atoms with Gasteiger partial charge in [-0.05, 0) is 41.5 Å². The molecule has 0 aliphatic rings. The van der Waals surface area contributed by atoms with E-state index in [-0.39, 0.29) is 0 Å². The molecule has 192 valence electrons. The number of carbonyl (C=O) groups is 2. The van der Waals surface area contributed by atoms with Gasteiger partial charge in [0.25, 0.3) is 5.91 Å². The van der Waals surface area contributed by atoms with Gasteiger partial charge < -0.3 is 9.72 Å². The second kappa shape index (κ2) is 10.5. The van der Waals surface area contributed by atoms with Gasteiger partial charge in [0, 0.05) is 16.5 Å². The number of aromatic amines is 1. The number of amides is 1. The second-order valence-corrected chi connectivity index (χ2v) is 9.90. The fraction of sp³-hybridized carbons (Fsp3) is 0.0968. The monoisotopic (exact) mass is 532 g/mol. The van der Waals surface area contributed by atoms with Gasteiger partial charge in [-0.1, -0.05) is 73.7 Å². The Balaban J connectivity index is 1.17. The first-order valence-corrected chi connectivity index (χ1v) is 13.5. The smallest absolute Gasteiger partial charge is 0.339 e. The maximum atomic E-state index is 13.2. The molecule has 39 heavy (non-hydrogen) atoms. The molecule has 0 spiro atoms. The first-order valence-electron chi connectivity index (χ1n) is 12.6. The van der Waals surface area contributed by atoms with E-state index in [1.807, 2.05) is 53.9 Å². The van der Waals surface area contributed by atoms with Crippen molar-refractivity contribution in [3.63, 3.8) is 0 Å². The average molecular weight is 533 g/mol. The Kier molecular flexibility index (Phi) is 6.61. The van der Waals surface area contributed by atoms with Crippen LogP contribution in [0.2, 0.25) is 0 Å². The molecule has 1 amide bonds. The number of fused-ring (bicyclic) bond motifs is 2. The summed E-state index contributed by atoms with van der Waals surface area (Å²) in [5.74, 6) is -0.458. The van der Waals surface area contributed by atoms with E-state index in [0.29, 0.717) is 28.5 Å². The highest BCUT2D eigenvalue weighted by Crippen LogP contribution is 2.29. The number of ether oxygens (including phenoxy) is 1. The quantitative estimate of drug-likeness (QED) is 0.214. The summed E-state index contributed by atoms with van der Waals surface area (Å²) in [5, 5.41) is 7.43. The maximum absolute atomic E-state index is 13.2. The molecule has 6 aromatic rings. The molecule has 0 aliphatic carbocycles. The largest absolute Gasteiger partial charge is 0.449 e. The summed E-state index contributed by atoms with van der Waals surface area (Å²) in [7, 11) is 0. The summed E-state index contributed by atoms with van der Waals surface area (Å²) in [5.41, 5.74) is 4.34.